The molecule has 0 saturated heterocycles. The van der Waals surface area contributed by atoms with E-state index in [0.717, 1.165) is 19.3 Å². The fraction of sp³-hybridized carbons (Fsp3) is 0.500. The van der Waals surface area contributed by atoms with E-state index < -0.39 is 0 Å². The van der Waals surface area contributed by atoms with Crippen LogP contribution in [0.1, 0.15) is 24.8 Å². The second-order valence-corrected chi connectivity index (χ2v) is 5.35. The first kappa shape index (κ1) is 11.9. The lowest BCUT2D eigenvalue weighted by atomic mass is 10.0. The van der Waals surface area contributed by atoms with Crippen molar-refractivity contribution in [2.24, 2.45) is 5.73 Å². The highest BCUT2D eigenvalue weighted by Crippen LogP contribution is 2.38. The van der Waals surface area contributed by atoms with Gasteiger partial charge in [0.2, 0.25) is 0 Å². The minimum Gasteiger partial charge on any atom is -0.496 e. The summed E-state index contributed by atoms with van der Waals surface area (Å²) < 4.78 is 19.6. The molecule has 0 spiro atoms. The fourth-order valence-corrected chi connectivity index (χ4v) is 2.20. The minimum atomic E-state index is -0.226. The van der Waals surface area contributed by atoms with Gasteiger partial charge >= 0.3 is 0 Å². The molecule has 1 saturated carbocycles. The summed E-state index contributed by atoms with van der Waals surface area (Å²) in [6.07, 6.45) is 3.56. The van der Waals surface area contributed by atoms with Crippen LogP contribution in [0.3, 0.4) is 0 Å². The quantitative estimate of drug-likeness (QED) is 0.924. The van der Waals surface area contributed by atoms with Crippen LogP contribution in [0.15, 0.2) is 16.6 Å². The first-order valence-electron chi connectivity index (χ1n) is 5.35. The van der Waals surface area contributed by atoms with E-state index in [9.17, 15) is 4.39 Å². The highest BCUT2D eigenvalue weighted by molar-refractivity contribution is 9.10. The van der Waals surface area contributed by atoms with Crippen molar-refractivity contribution < 1.29 is 9.13 Å². The number of benzene rings is 1. The van der Waals surface area contributed by atoms with Gasteiger partial charge in [-0.15, -0.1) is 0 Å². The van der Waals surface area contributed by atoms with E-state index in [2.05, 4.69) is 15.9 Å². The molecule has 16 heavy (non-hydrogen) atoms. The number of ether oxygens (including phenoxy) is 1. The molecule has 1 aliphatic rings. The van der Waals surface area contributed by atoms with Crippen LogP contribution in [0.25, 0.3) is 0 Å². The number of hydrogen-bond donors (Lipinski definition) is 1. The summed E-state index contributed by atoms with van der Waals surface area (Å²) in [6.45, 7) is 0. The summed E-state index contributed by atoms with van der Waals surface area (Å²) >= 11 is 3.25. The third-order valence-electron chi connectivity index (χ3n) is 3.10. The molecule has 1 fully saturated rings. The lowest BCUT2D eigenvalue weighted by molar-refractivity contribution is 0.402. The van der Waals surface area contributed by atoms with Gasteiger partial charge in [-0.25, -0.2) is 4.39 Å². The van der Waals surface area contributed by atoms with Crippen LogP contribution >= 0.6 is 15.9 Å². The summed E-state index contributed by atoms with van der Waals surface area (Å²) in [5.41, 5.74) is 6.57. The van der Waals surface area contributed by atoms with Gasteiger partial charge < -0.3 is 10.5 Å². The number of methoxy groups -OCH3 is 1. The molecule has 0 aromatic heterocycles. The summed E-state index contributed by atoms with van der Waals surface area (Å²) in [6, 6.07) is 3.25. The largest absolute Gasteiger partial charge is 0.496 e. The molecule has 2 rings (SSSR count). The Bertz CT molecular complexity index is 404. The summed E-state index contributed by atoms with van der Waals surface area (Å²) in [7, 11) is 1.56. The van der Waals surface area contributed by atoms with Crippen molar-refractivity contribution >= 4 is 15.9 Å². The van der Waals surface area contributed by atoms with Crippen molar-refractivity contribution in [3.05, 3.63) is 28.0 Å². The Morgan fingerprint density at radius 1 is 1.50 bits per heavy atom. The zero-order chi connectivity index (χ0) is 11.8. The van der Waals surface area contributed by atoms with E-state index in [4.69, 9.17) is 10.5 Å². The van der Waals surface area contributed by atoms with Crippen molar-refractivity contribution in [3.8, 4) is 5.75 Å². The smallest absolute Gasteiger partial charge is 0.131 e. The van der Waals surface area contributed by atoms with Gasteiger partial charge in [-0.3, -0.25) is 0 Å². The molecule has 0 amide bonds. The highest BCUT2D eigenvalue weighted by Gasteiger charge is 2.37. The monoisotopic (exact) mass is 287 g/mol. The van der Waals surface area contributed by atoms with Crippen LogP contribution < -0.4 is 10.5 Å². The average molecular weight is 288 g/mol. The molecule has 0 unspecified atom stereocenters. The molecule has 2 N–H and O–H groups in total. The van der Waals surface area contributed by atoms with Crippen LogP contribution in [-0.4, -0.2) is 12.6 Å². The molecule has 2 nitrogen and oxygen atoms in total. The molecule has 1 aromatic carbocycles. The highest BCUT2D eigenvalue weighted by atomic mass is 79.9. The number of nitrogens with two attached hydrogens (primary N) is 1. The van der Waals surface area contributed by atoms with E-state index in [1.807, 2.05) is 0 Å². The molecule has 88 valence electrons. The molecular weight excluding hydrogens is 273 g/mol. The molecule has 4 heteroatoms. The van der Waals surface area contributed by atoms with E-state index in [-0.39, 0.29) is 11.4 Å². The van der Waals surface area contributed by atoms with Crippen molar-refractivity contribution in [1.29, 1.82) is 0 Å². The number of hydrogen-bond acceptors (Lipinski definition) is 2. The van der Waals surface area contributed by atoms with Gasteiger partial charge in [0.1, 0.15) is 11.6 Å². The Morgan fingerprint density at radius 3 is 2.75 bits per heavy atom. The van der Waals surface area contributed by atoms with Gasteiger partial charge in [-0.05, 0) is 37.8 Å². The second kappa shape index (κ2) is 4.34. The first-order chi connectivity index (χ1) is 7.54. The third-order valence-corrected chi connectivity index (χ3v) is 3.56. The molecule has 0 atom stereocenters. The predicted molar refractivity (Wildman–Crippen MR) is 65.1 cm³/mol. The van der Waals surface area contributed by atoms with Crippen molar-refractivity contribution in [3.63, 3.8) is 0 Å². The molecule has 0 bridgehead atoms. The van der Waals surface area contributed by atoms with Crippen LogP contribution in [-0.2, 0) is 6.42 Å². The molecular formula is C12H15BrFNO. The summed E-state index contributed by atoms with van der Waals surface area (Å²) in [5.74, 6) is 0.367. The number of rotatable bonds is 4. The Balaban J connectivity index is 2.17. The summed E-state index contributed by atoms with van der Waals surface area (Å²) in [5, 5.41) is 0. The number of halogens is 2. The van der Waals surface area contributed by atoms with Crippen LogP contribution in [0.2, 0.25) is 0 Å². The normalized spacial score (nSPS) is 17.2. The molecule has 1 aliphatic carbocycles. The lowest BCUT2D eigenvalue weighted by Gasteiger charge is -2.13. The Kier molecular flexibility index (Phi) is 3.22. The van der Waals surface area contributed by atoms with E-state index >= 15 is 0 Å². The topological polar surface area (TPSA) is 35.2 Å². The molecule has 0 radical (unpaired) electrons. The fourth-order valence-electron chi connectivity index (χ4n) is 1.79. The van der Waals surface area contributed by atoms with Crippen LogP contribution in [0.4, 0.5) is 4.39 Å². The zero-order valence-electron chi connectivity index (χ0n) is 9.22. The van der Waals surface area contributed by atoms with Crippen molar-refractivity contribution in [2.45, 2.75) is 31.2 Å². The van der Waals surface area contributed by atoms with E-state index in [1.165, 1.54) is 6.07 Å². The van der Waals surface area contributed by atoms with Gasteiger partial charge in [0, 0.05) is 15.6 Å². The maximum Gasteiger partial charge on any atom is 0.131 e. The maximum atomic E-state index is 13.7. The summed E-state index contributed by atoms with van der Waals surface area (Å²) in [4.78, 5) is 0. The Hall–Kier alpha value is -0.610. The molecule has 0 heterocycles. The zero-order valence-corrected chi connectivity index (χ0v) is 10.8. The third kappa shape index (κ3) is 2.55. The second-order valence-electron chi connectivity index (χ2n) is 4.43. The van der Waals surface area contributed by atoms with Crippen LogP contribution in [0.5, 0.6) is 5.75 Å². The van der Waals surface area contributed by atoms with E-state index in [0.29, 0.717) is 22.2 Å². The Labute approximate surface area is 103 Å². The first-order valence-corrected chi connectivity index (χ1v) is 6.14. The van der Waals surface area contributed by atoms with E-state index in [1.54, 1.807) is 13.2 Å². The van der Waals surface area contributed by atoms with Crippen molar-refractivity contribution in [2.75, 3.05) is 7.11 Å². The SMILES string of the molecule is COc1cc(Br)cc(F)c1CCC1(N)CC1. The van der Waals surface area contributed by atoms with Gasteiger partial charge in [0.25, 0.3) is 0 Å². The van der Waals surface area contributed by atoms with Gasteiger partial charge in [-0.1, -0.05) is 15.9 Å². The van der Waals surface area contributed by atoms with Gasteiger partial charge in [-0.2, -0.15) is 0 Å². The lowest BCUT2D eigenvalue weighted by Crippen LogP contribution is -2.22. The average Bonchev–Trinajstić information content (AvgIpc) is 2.94. The molecule has 0 aliphatic heterocycles. The Morgan fingerprint density at radius 2 is 2.19 bits per heavy atom. The maximum absolute atomic E-state index is 13.7. The van der Waals surface area contributed by atoms with Crippen LogP contribution in [0, 0.1) is 5.82 Å². The predicted octanol–water partition coefficient (Wildman–Crippen LogP) is 3.02. The molecule has 1 aromatic rings. The minimum absolute atomic E-state index is 0.0511. The van der Waals surface area contributed by atoms with Crippen molar-refractivity contribution in [1.82, 2.24) is 0 Å². The van der Waals surface area contributed by atoms with Gasteiger partial charge in [0.15, 0.2) is 0 Å². The standard InChI is InChI=1S/C12H15BrFNO/c1-16-11-7-8(13)6-10(14)9(11)2-3-12(15)4-5-12/h6-7H,2-5,15H2,1H3. The van der Waals surface area contributed by atoms with Gasteiger partial charge in [0.05, 0.1) is 7.11 Å².